The summed E-state index contributed by atoms with van der Waals surface area (Å²) in [7, 11) is 0. The number of hydrogen-bond donors (Lipinski definition) is 2. The highest BCUT2D eigenvalue weighted by atomic mass is 16.3. The molecule has 3 nitrogen and oxygen atoms in total. The van der Waals surface area contributed by atoms with Crippen LogP contribution in [0.3, 0.4) is 0 Å². The van der Waals surface area contributed by atoms with Gasteiger partial charge in [0.15, 0.2) is 0 Å². The number of hydrogen-bond acceptors (Lipinski definition) is 3. The van der Waals surface area contributed by atoms with Crippen molar-refractivity contribution in [2.24, 2.45) is 11.8 Å². The number of nitriles is 1. The Hall–Kier alpha value is -0.590. The fourth-order valence-electron chi connectivity index (χ4n) is 3.41. The van der Waals surface area contributed by atoms with Gasteiger partial charge in [0, 0.05) is 18.7 Å². The molecule has 2 aliphatic carbocycles. The van der Waals surface area contributed by atoms with Gasteiger partial charge in [-0.1, -0.05) is 25.7 Å². The van der Waals surface area contributed by atoms with Crippen molar-refractivity contribution in [3.63, 3.8) is 0 Å². The van der Waals surface area contributed by atoms with E-state index < -0.39 is 0 Å². The molecule has 2 N–H and O–H groups in total. The van der Waals surface area contributed by atoms with E-state index in [-0.39, 0.29) is 5.92 Å². The Kier molecular flexibility index (Phi) is 4.82. The molecular weight excluding hydrogens is 212 g/mol. The summed E-state index contributed by atoms with van der Waals surface area (Å²) in [6, 6.07) is 3.26. The van der Waals surface area contributed by atoms with Crippen molar-refractivity contribution in [1.29, 1.82) is 5.26 Å². The third-order valence-electron chi connectivity index (χ3n) is 4.50. The van der Waals surface area contributed by atoms with Crippen LogP contribution in [0.5, 0.6) is 0 Å². The molecule has 2 rings (SSSR count). The van der Waals surface area contributed by atoms with Crippen LogP contribution in [0.2, 0.25) is 0 Å². The summed E-state index contributed by atoms with van der Waals surface area (Å²) in [5.74, 6) is 0.593. The molecule has 0 bridgehead atoms. The Morgan fingerprint density at radius 3 is 2.35 bits per heavy atom. The number of aliphatic hydroxyl groups excluding tert-OH is 1. The molecule has 2 aliphatic rings. The van der Waals surface area contributed by atoms with Gasteiger partial charge in [-0.3, -0.25) is 0 Å². The lowest BCUT2D eigenvalue weighted by molar-refractivity contribution is 0.134. The van der Waals surface area contributed by atoms with Crippen molar-refractivity contribution in [2.45, 2.75) is 63.5 Å². The van der Waals surface area contributed by atoms with Crippen molar-refractivity contribution in [3.8, 4) is 6.07 Å². The van der Waals surface area contributed by atoms with Gasteiger partial charge in [0.2, 0.25) is 0 Å². The molecule has 0 aliphatic heterocycles. The Balaban J connectivity index is 1.91. The minimum atomic E-state index is 0.185. The third kappa shape index (κ3) is 3.20. The molecule has 4 unspecified atom stereocenters. The van der Waals surface area contributed by atoms with Crippen molar-refractivity contribution < 1.29 is 5.11 Å². The SMILES string of the molecule is N#CC1CCCCC1NC1CCCCC1CO. The zero-order valence-corrected chi connectivity index (χ0v) is 10.6. The van der Waals surface area contributed by atoms with Crippen LogP contribution < -0.4 is 5.32 Å². The summed E-state index contributed by atoms with van der Waals surface area (Å²) >= 11 is 0. The molecule has 3 heteroatoms. The second kappa shape index (κ2) is 6.37. The third-order valence-corrected chi connectivity index (χ3v) is 4.50. The van der Waals surface area contributed by atoms with E-state index in [0.29, 0.717) is 24.6 Å². The highest BCUT2D eigenvalue weighted by Gasteiger charge is 2.31. The van der Waals surface area contributed by atoms with Gasteiger partial charge in [0.1, 0.15) is 0 Å². The first-order valence-electron chi connectivity index (χ1n) is 7.11. The molecule has 0 saturated heterocycles. The predicted octanol–water partition coefficient (Wildman–Crippen LogP) is 2.21. The molecule has 0 spiro atoms. The Labute approximate surface area is 104 Å². The Morgan fingerprint density at radius 2 is 1.65 bits per heavy atom. The smallest absolute Gasteiger partial charge is 0.0672 e. The lowest BCUT2D eigenvalue weighted by atomic mass is 9.81. The normalized spacial score (nSPS) is 38.6. The molecule has 0 aromatic rings. The van der Waals surface area contributed by atoms with Crippen LogP contribution in [0.25, 0.3) is 0 Å². The first kappa shape index (κ1) is 12.9. The van der Waals surface area contributed by atoms with E-state index in [2.05, 4.69) is 11.4 Å². The summed E-state index contributed by atoms with van der Waals surface area (Å²) < 4.78 is 0. The van der Waals surface area contributed by atoms with Gasteiger partial charge >= 0.3 is 0 Å². The zero-order valence-electron chi connectivity index (χ0n) is 10.6. The molecule has 2 fully saturated rings. The molecule has 0 amide bonds. The maximum Gasteiger partial charge on any atom is 0.0672 e. The van der Waals surface area contributed by atoms with Gasteiger partial charge in [0.25, 0.3) is 0 Å². The Morgan fingerprint density at radius 1 is 1.00 bits per heavy atom. The first-order chi connectivity index (χ1) is 8.35. The number of nitrogens with zero attached hydrogens (tertiary/aromatic N) is 1. The van der Waals surface area contributed by atoms with Gasteiger partial charge in [-0.05, 0) is 31.6 Å². The van der Waals surface area contributed by atoms with E-state index in [4.69, 9.17) is 0 Å². The van der Waals surface area contributed by atoms with E-state index in [1.165, 1.54) is 32.1 Å². The van der Waals surface area contributed by atoms with Gasteiger partial charge in [-0.2, -0.15) is 5.26 Å². The summed E-state index contributed by atoms with van der Waals surface area (Å²) in [6.45, 7) is 0.293. The maximum atomic E-state index is 9.41. The highest BCUT2D eigenvalue weighted by Crippen LogP contribution is 2.29. The molecular formula is C14H24N2O. The van der Waals surface area contributed by atoms with Crippen LogP contribution in [0, 0.1) is 23.2 Å². The van der Waals surface area contributed by atoms with Crippen LogP contribution in [0.4, 0.5) is 0 Å². The monoisotopic (exact) mass is 236 g/mol. The molecule has 17 heavy (non-hydrogen) atoms. The average molecular weight is 236 g/mol. The summed E-state index contributed by atoms with van der Waals surface area (Å²) in [5.41, 5.74) is 0. The molecule has 0 radical (unpaired) electrons. The largest absolute Gasteiger partial charge is 0.396 e. The second-order valence-electron chi connectivity index (χ2n) is 5.63. The van der Waals surface area contributed by atoms with Crippen LogP contribution in [0.15, 0.2) is 0 Å². The van der Waals surface area contributed by atoms with Crippen LogP contribution >= 0.6 is 0 Å². The molecule has 96 valence electrons. The van der Waals surface area contributed by atoms with Crippen molar-refractivity contribution in [2.75, 3.05) is 6.61 Å². The molecule has 2 saturated carbocycles. The minimum Gasteiger partial charge on any atom is -0.396 e. The second-order valence-corrected chi connectivity index (χ2v) is 5.63. The quantitative estimate of drug-likeness (QED) is 0.790. The molecule has 0 aromatic heterocycles. The fourth-order valence-corrected chi connectivity index (χ4v) is 3.41. The Bertz CT molecular complexity index is 274. The first-order valence-corrected chi connectivity index (χ1v) is 7.11. The van der Waals surface area contributed by atoms with E-state index in [1.54, 1.807) is 0 Å². The predicted molar refractivity (Wildman–Crippen MR) is 67.3 cm³/mol. The summed E-state index contributed by atoms with van der Waals surface area (Å²) in [6.07, 6.45) is 9.43. The number of rotatable bonds is 3. The van der Waals surface area contributed by atoms with E-state index >= 15 is 0 Å². The van der Waals surface area contributed by atoms with Gasteiger partial charge in [-0.15, -0.1) is 0 Å². The van der Waals surface area contributed by atoms with E-state index in [0.717, 1.165) is 19.3 Å². The van der Waals surface area contributed by atoms with Crippen molar-refractivity contribution >= 4 is 0 Å². The number of nitrogens with one attached hydrogen (secondary N) is 1. The standard InChI is InChI=1S/C14H24N2O/c15-9-11-5-1-3-7-13(11)16-14-8-4-2-6-12(14)10-17/h11-14,16-17H,1-8,10H2. The van der Waals surface area contributed by atoms with E-state index in [9.17, 15) is 10.4 Å². The summed E-state index contributed by atoms with van der Waals surface area (Å²) in [4.78, 5) is 0. The summed E-state index contributed by atoms with van der Waals surface area (Å²) in [5, 5.41) is 22.3. The lowest BCUT2D eigenvalue weighted by Crippen LogP contribution is -2.49. The fraction of sp³-hybridized carbons (Fsp3) is 0.929. The topological polar surface area (TPSA) is 56.0 Å². The van der Waals surface area contributed by atoms with E-state index in [1.807, 2.05) is 0 Å². The van der Waals surface area contributed by atoms with Crippen molar-refractivity contribution in [1.82, 2.24) is 5.32 Å². The lowest BCUT2D eigenvalue weighted by Gasteiger charge is -2.37. The minimum absolute atomic E-state index is 0.185. The molecule has 4 atom stereocenters. The zero-order chi connectivity index (χ0) is 12.1. The highest BCUT2D eigenvalue weighted by molar-refractivity contribution is 4.96. The maximum absolute atomic E-state index is 9.41. The average Bonchev–Trinajstić information content (AvgIpc) is 2.40. The van der Waals surface area contributed by atoms with Gasteiger partial charge in [-0.25, -0.2) is 0 Å². The van der Waals surface area contributed by atoms with Gasteiger partial charge in [0.05, 0.1) is 12.0 Å². The molecule has 0 heterocycles. The van der Waals surface area contributed by atoms with Crippen molar-refractivity contribution in [3.05, 3.63) is 0 Å². The molecule has 0 aromatic carbocycles. The van der Waals surface area contributed by atoms with Gasteiger partial charge < -0.3 is 10.4 Å². The van der Waals surface area contributed by atoms with Crippen LogP contribution in [-0.4, -0.2) is 23.8 Å². The number of aliphatic hydroxyl groups is 1. The van der Waals surface area contributed by atoms with Crippen LogP contribution in [-0.2, 0) is 0 Å². The van der Waals surface area contributed by atoms with Crippen LogP contribution in [0.1, 0.15) is 51.4 Å².